The van der Waals surface area contributed by atoms with Crippen molar-refractivity contribution in [3.63, 3.8) is 0 Å². The van der Waals surface area contributed by atoms with Gasteiger partial charge in [-0.05, 0) is 43.5 Å². The monoisotopic (exact) mass is 345 g/mol. The second-order valence-corrected chi connectivity index (χ2v) is 6.53. The van der Waals surface area contributed by atoms with E-state index in [1.165, 1.54) is 5.56 Å². The van der Waals surface area contributed by atoms with Crippen LogP contribution >= 0.6 is 15.9 Å². The molecule has 21 heavy (non-hydrogen) atoms. The van der Waals surface area contributed by atoms with Crippen LogP contribution in [0.4, 0.5) is 0 Å². The van der Waals surface area contributed by atoms with Gasteiger partial charge in [0.2, 0.25) is 0 Å². The minimum atomic E-state index is -0.0426. The smallest absolute Gasteiger partial charge is 0.124 e. The van der Waals surface area contributed by atoms with Gasteiger partial charge in [-0.1, -0.05) is 46.3 Å². The lowest BCUT2D eigenvalue weighted by atomic mass is 9.84. The van der Waals surface area contributed by atoms with Crippen LogP contribution in [-0.4, -0.2) is 6.61 Å². The van der Waals surface area contributed by atoms with E-state index >= 15 is 0 Å². The molecule has 0 spiro atoms. The van der Waals surface area contributed by atoms with Gasteiger partial charge < -0.3 is 10.5 Å². The van der Waals surface area contributed by atoms with Crippen LogP contribution in [0.3, 0.4) is 0 Å². The molecule has 2 aromatic carbocycles. The first-order valence-electron chi connectivity index (χ1n) is 7.41. The molecule has 2 nitrogen and oxygen atoms in total. The summed E-state index contributed by atoms with van der Waals surface area (Å²) >= 11 is 3.55. The van der Waals surface area contributed by atoms with Gasteiger partial charge in [-0.15, -0.1) is 0 Å². The molecule has 0 heterocycles. The van der Waals surface area contributed by atoms with Crippen molar-refractivity contribution in [2.24, 2.45) is 5.73 Å². The molecule has 2 N–H and O–H groups in total. The number of rotatable bonds is 5. The highest BCUT2D eigenvalue weighted by Crippen LogP contribution is 2.56. The third-order valence-electron chi connectivity index (χ3n) is 4.34. The van der Waals surface area contributed by atoms with Crippen LogP contribution in [0, 0.1) is 0 Å². The van der Waals surface area contributed by atoms with Crippen molar-refractivity contribution in [2.45, 2.75) is 31.2 Å². The molecule has 1 aliphatic carbocycles. The Balaban J connectivity index is 1.99. The van der Waals surface area contributed by atoms with Crippen molar-refractivity contribution < 1.29 is 4.74 Å². The molecule has 1 saturated carbocycles. The van der Waals surface area contributed by atoms with Gasteiger partial charge in [-0.25, -0.2) is 0 Å². The molecule has 110 valence electrons. The van der Waals surface area contributed by atoms with Crippen molar-refractivity contribution in [3.05, 3.63) is 64.1 Å². The van der Waals surface area contributed by atoms with E-state index in [1.807, 2.05) is 19.1 Å². The minimum Gasteiger partial charge on any atom is -0.494 e. The zero-order chi connectivity index (χ0) is 14.9. The van der Waals surface area contributed by atoms with E-state index in [9.17, 15) is 0 Å². The van der Waals surface area contributed by atoms with E-state index in [-0.39, 0.29) is 11.5 Å². The van der Waals surface area contributed by atoms with Crippen LogP contribution in [0.5, 0.6) is 5.75 Å². The van der Waals surface area contributed by atoms with Crippen LogP contribution in [0.1, 0.15) is 36.9 Å². The van der Waals surface area contributed by atoms with Crippen molar-refractivity contribution in [2.75, 3.05) is 6.61 Å². The van der Waals surface area contributed by atoms with Gasteiger partial charge in [0.05, 0.1) is 6.61 Å². The van der Waals surface area contributed by atoms with Crippen LogP contribution in [-0.2, 0) is 5.41 Å². The van der Waals surface area contributed by atoms with E-state index in [4.69, 9.17) is 10.5 Å². The lowest BCUT2D eigenvalue weighted by Crippen LogP contribution is -2.27. The number of hydrogen-bond donors (Lipinski definition) is 1. The summed E-state index contributed by atoms with van der Waals surface area (Å²) in [5.74, 6) is 0.899. The summed E-state index contributed by atoms with van der Waals surface area (Å²) < 4.78 is 6.81. The Morgan fingerprint density at radius 1 is 1.19 bits per heavy atom. The van der Waals surface area contributed by atoms with Gasteiger partial charge in [0.1, 0.15) is 5.75 Å². The lowest BCUT2D eigenvalue weighted by Gasteiger charge is -2.26. The molecule has 0 radical (unpaired) electrons. The predicted molar refractivity (Wildman–Crippen MR) is 89.6 cm³/mol. The highest BCUT2D eigenvalue weighted by molar-refractivity contribution is 9.10. The molecule has 3 rings (SSSR count). The van der Waals surface area contributed by atoms with Crippen molar-refractivity contribution in [1.29, 1.82) is 0 Å². The molecule has 0 saturated heterocycles. The first-order valence-corrected chi connectivity index (χ1v) is 8.20. The van der Waals surface area contributed by atoms with Gasteiger partial charge >= 0.3 is 0 Å². The summed E-state index contributed by atoms with van der Waals surface area (Å²) in [6.45, 7) is 2.65. The van der Waals surface area contributed by atoms with Crippen molar-refractivity contribution in [1.82, 2.24) is 0 Å². The fourth-order valence-electron chi connectivity index (χ4n) is 3.03. The topological polar surface area (TPSA) is 35.2 Å². The molecule has 3 heteroatoms. The second kappa shape index (κ2) is 5.82. The SMILES string of the molecule is CCOc1ccc(Br)cc1C(N)C1(c2ccccc2)CC1. The quantitative estimate of drug-likeness (QED) is 0.860. The average molecular weight is 346 g/mol. The van der Waals surface area contributed by atoms with Gasteiger partial charge in [-0.2, -0.15) is 0 Å². The average Bonchev–Trinajstić information content (AvgIpc) is 3.31. The molecule has 0 bridgehead atoms. The number of benzene rings is 2. The van der Waals surface area contributed by atoms with Gasteiger partial charge in [0.25, 0.3) is 0 Å². The fraction of sp³-hybridized carbons (Fsp3) is 0.333. The van der Waals surface area contributed by atoms with Crippen LogP contribution in [0.2, 0.25) is 0 Å². The zero-order valence-electron chi connectivity index (χ0n) is 12.2. The highest BCUT2D eigenvalue weighted by Gasteiger charge is 2.50. The summed E-state index contributed by atoms with van der Waals surface area (Å²) in [7, 11) is 0. The first kappa shape index (κ1) is 14.6. The molecular formula is C18H20BrNO. The van der Waals surface area contributed by atoms with Crippen LogP contribution in [0.25, 0.3) is 0 Å². The highest BCUT2D eigenvalue weighted by atomic mass is 79.9. The summed E-state index contributed by atoms with van der Waals surface area (Å²) in [6, 6.07) is 16.7. The molecule has 1 fully saturated rings. The Morgan fingerprint density at radius 3 is 2.52 bits per heavy atom. The largest absolute Gasteiger partial charge is 0.494 e. The molecular weight excluding hydrogens is 326 g/mol. The van der Waals surface area contributed by atoms with E-state index in [1.54, 1.807) is 0 Å². The van der Waals surface area contributed by atoms with Crippen LogP contribution < -0.4 is 10.5 Å². The maximum Gasteiger partial charge on any atom is 0.124 e. The predicted octanol–water partition coefficient (Wildman–Crippen LogP) is 4.58. The molecule has 0 aromatic heterocycles. The number of hydrogen-bond acceptors (Lipinski definition) is 2. The van der Waals surface area contributed by atoms with Gasteiger partial charge in [0, 0.05) is 21.5 Å². The molecule has 2 aromatic rings. The van der Waals surface area contributed by atoms with E-state index in [2.05, 4.69) is 52.3 Å². The zero-order valence-corrected chi connectivity index (χ0v) is 13.8. The number of halogens is 1. The normalized spacial score (nSPS) is 17.3. The summed E-state index contributed by atoms with van der Waals surface area (Å²) in [6.07, 6.45) is 2.27. The molecule has 1 unspecified atom stereocenters. The second-order valence-electron chi connectivity index (χ2n) is 5.61. The van der Waals surface area contributed by atoms with E-state index in [0.29, 0.717) is 6.61 Å². The Kier molecular flexibility index (Phi) is 4.05. The molecule has 0 aliphatic heterocycles. The minimum absolute atomic E-state index is 0.0426. The molecule has 1 aliphatic rings. The van der Waals surface area contributed by atoms with E-state index < -0.39 is 0 Å². The first-order chi connectivity index (χ1) is 10.2. The Hall–Kier alpha value is -1.32. The van der Waals surface area contributed by atoms with Gasteiger partial charge in [0.15, 0.2) is 0 Å². The van der Waals surface area contributed by atoms with E-state index in [0.717, 1.165) is 28.6 Å². The van der Waals surface area contributed by atoms with Crippen molar-refractivity contribution >= 4 is 15.9 Å². The summed E-state index contributed by atoms with van der Waals surface area (Å²) in [5, 5.41) is 0. The fourth-order valence-corrected chi connectivity index (χ4v) is 3.41. The number of nitrogens with two attached hydrogens (primary N) is 1. The van der Waals surface area contributed by atoms with Crippen molar-refractivity contribution in [3.8, 4) is 5.75 Å². The third-order valence-corrected chi connectivity index (χ3v) is 4.83. The Bertz CT molecular complexity index is 622. The third kappa shape index (κ3) is 2.72. The van der Waals surface area contributed by atoms with Crippen LogP contribution in [0.15, 0.2) is 53.0 Å². The molecule has 0 amide bonds. The summed E-state index contributed by atoms with van der Waals surface area (Å²) in [4.78, 5) is 0. The maximum atomic E-state index is 6.67. The lowest BCUT2D eigenvalue weighted by molar-refractivity contribution is 0.331. The summed E-state index contributed by atoms with van der Waals surface area (Å²) in [5.41, 5.74) is 9.15. The Morgan fingerprint density at radius 2 is 1.90 bits per heavy atom. The standard InChI is InChI=1S/C18H20BrNO/c1-2-21-16-9-8-14(19)12-15(16)17(20)18(10-11-18)13-6-4-3-5-7-13/h3-9,12,17H,2,10-11,20H2,1H3. The Labute approximate surface area is 134 Å². The number of ether oxygens (including phenoxy) is 1. The maximum absolute atomic E-state index is 6.67. The van der Waals surface area contributed by atoms with Gasteiger partial charge in [-0.3, -0.25) is 0 Å². The molecule has 1 atom stereocenters.